The van der Waals surface area contributed by atoms with Gasteiger partial charge in [0.1, 0.15) is 0 Å². The predicted molar refractivity (Wildman–Crippen MR) is 62.2 cm³/mol. The quantitative estimate of drug-likeness (QED) is 0.496. The summed E-state index contributed by atoms with van der Waals surface area (Å²) >= 11 is 1.26. The molecule has 1 aromatic carbocycles. The van der Waals surface area contributed by atoms with E-state index in [9.17, 15) is 28.7 Å². The molecule has 0 radical (unpaired) electrons. The Morgan fingerprint density at radius 1 is 1.05 bits per heavy atom. The summed E-state index contributed by atoms with van der Waals surface area (Å²) in [6.45, 7) is -0.0539. The Hall–Kier alpha value is -0.170. The van der Waals surface area contributed by atoms with E-state index >= 15 is 0 Å². The standard InChI is InChI=1S/C9H14O7P2S/c10-5-6-19-8-3-1-7(2-4-8)9(17(11,12)13)18(14,15)16/h1-4,9-10H,5-6H2,(H2,11,12,13)(H2,14,15,16)/p-4. The van der Waals surface area contributed by atoms with E-state index in [1.807, 2.05) is 0 Å². The zero-order valence-corrected chi connectivity index (χ0v) is 12.1. The summed E-state index contributed by atoms with van der Waals surface area (Å²) in [7, 11) is -11.2. The molecule has 0 saturated carbocycles. The van der Waals surface area contributed by atoms with E-state index in [1.165, 1.54) is 23.9 Å². The first-order chi connectivity index (χ1) is 8.66. The van der Waals surface area contributed by atoms with Crippen LogP contribution in [0.5, 0.6) is 0 Å². The third kappa shape index (κ3) is 5.02. The van der Waals surface area contributed by atoms with E-state index in [1.54, 1.807) is 0 Å². The van der Waals surface area contributed by atoms with Crippen molar-refractivity contribution in [2.24, 2.45) is 0 Å². The van der Waals surface area contributed by atoms with Crippen molar-refractivity contribution in [3.63, 3.8) is 0 Å². The number of hydrogen-bond donors (Lipinski definition) is 1. The van der Waals surface area contributed by atoms with Crippen molar-refractivity contribution < 1.29 is 33.8 Å². The van der Waals surface area contributed by atoms with Gasteiger partial charge in [0.15, 0.2) is 0 Å². The summed E-state index contributed by atoms with van der Waals surface area (Å²) in [5.74, 6) is 0.409. The fraction of sp³-hybridized carbons (Fsp3) is 0.333. The number of hydrogen-bond acceptors (Lipinski definition) is 8. The smallest absolute Gasteiger partial charge is 0.0525 e. The molecular formula is C9H10O7P2S-4. The number of thioether (sulfide) groups is 1. The lowest BCUT2D eigenvalue weighted by molar-refractivity contribution is -0.330. The molecule has 0 saturated heterocycles. The normalized spacial score (nSPS) is 12.9. The Morgan fingerprint density at radius 2 is 1.53 bits per heavy atom. The minimum absolute atomic E-state index is 0.0539. The Morgan fingerprint density at radius 3 is 1.89 bits per heavy atom. The van der Waals surface area contributed by atoms with Gasteiger partial charge in [-0.1, -0.05) is 27.3 Å². The molecule has 1 N–H and O–H groups in total. The van der Waals surface area contributed by atoms with E-state index in [0.717, 1.165) is 12.1 Å². The second-order valence-electron chi connectivity index (χ2n) is 3.59. The third-order valence-corrected chi connectivity index (χ3v) is 6.62. The second kappa shape index (κ2) is 6.52. The first kappa shape index (κ1) is 16.9. The lowest BCUT2D eigenvalue weighted by Crippen LogP contribution is -2.28. The van der Waals surface area contributed by atoms with Crippen molar-refractivity contribution in [1.82, 2.24) is 0 Å². The Labute approximate surface area is 114 Å². The summed E-state index contributed by atoms with van der Waals surface area (Å²) in [5.41, 5.74) is -0.366. The van der Waals surface area contributed by atoms with Gasteiger partial charge in [-0.05, 0) is 17.7 Å². The first-order valence-electron chi connectivity index (χ1n) is 5.03. The third-order valence-electron chi connectivity index (χ3n) is 2.14. The molecule has 0 aliphatic heterocycles. The molecule has 0 aromatic heterocycles. The zero-order valence-electron chi connectivity index (χ0n) is 9.50. The van der Waals surface area contributed by atoms with Gasteiger partial charge in [0.05, 0.1) is 6.61 Å². The van der Waals surface area contributed by atoms with Crippen LogP contribution in [-0.4, -0.2) is 17.5 Å². The van der Waals surface area contributed by atoms with Gasteiger partial charge in [-0.2, -0.15) is 0 Å². The number of rotatable bonds is 6. The monoisotopic (exact) mass is 324 g/mol. The highest BCUT2D eigenvalue weighted by atomic mass is 32.2. The number of aliphatic hydroxyl groups is 1. The average molecular weight is 324 g/mol. The average Bonchev–Trinajstić information content (AvgIpc) is 2.24. The van der Waals surface area contributed by atoms with Crippen molar-refractivity contribution in [2.45, 2.75) is 10.3 Å². The van der Waals surface area contributed by atoms with Crippen LogP contribution in [0.25, 0.3) is 0 Å². The van der Waals surface area contributed by atoms with Crippen molar-refractivity contribution in [2.75, 3.05) is 12.4 Å². The van der Waals surface area contributed by atoms with Crippen molar-refractivity contribution in [1.29, 1.82) is 0 Å². The lowest BCUT2D eigenvalue weighted by atomic mass is 10.2. The van der Waals surface area contributed by atoms with Crippen molar-refractivity contribution in [3.8, 4) is 0 Å². The lowest BCUT2D eigenvalue weighted by Gasteiger charge is -2.49. The van der Waals surface area contributed by atoms with Gasteiger partial charge in [0.2, 0.25) is 0 Å². The Balaban J connectivity index is 3.06. The molecule has 0 aliphatic rings. The van der Waals surface area contributed by atoms with Crippen LogP contribution in [0.2, 0.25) is 0 Å². The molecule has 0 fully saturated rings. The maximum atomic E-state index is 10.9. The molecular weight excluding hydrogens is 314 g/mol. The molecule has 0 bridgehead atoms. The van der Waals surface area contributed by atoms with Gasteiger partial charge >= 0.3 is 0 Å². The van der Waals surface area contributed by atoms with Gasteiger partial charge < -0.3 is 33.8 Å². The first-order valence-corrected chi connectivity index (χ1v) is 9.24. The minimum atomic E-state index is -5.59. The Kier molecular flexibility index (Phi) is 5.79. The van der Waals surface area contributed by atoms with E-state index in [-0.39, 0.29) is 12.2 Å². The SMILES string of the molecule is O=P([O-])([O-])C(c1ccc(SCCO)cc1)P(=O)([O-])[O-]. The highest BCUT2D eigenvalue weighted by Crippen LogP contribution is 2.61. The molecule has 0 heterocycles. The fourth-order valence-corrected chi connectivity index (χ4v) is 4.55. The molecule has 1 aromatic rings. The summed E-state index contributed by atoms with van der Waals surface area (Å²) in [4.78, 5) is 44.2. The van der Waals surface area contributed by atoms with Crippen LogP contribution >= 0.6 is 27.0 Å². The maximum Gasteiger partial charge on any atom is 0.0525 e. The molecule has 19 heavy (non-hydrogen) atoms. The van der Waals surface area contributed by atoms with Crippen LogP contribution in [0.1, 0.15) is 11.0 Å². The molecule has 1 rings (SSSR count). The summed E-state index contributed by atoms with van der Waals surface area (Å²) < 4.78 is 21.8. The minimum Gasteiger partial charge on any atom is -0.810 e. The highest BCUT2D eigenvalue weighted by Gasteiger charge is 2.19. The van der Waals surface area contributed by atoms with Gasteiger partial charge in [0, 0.05) is 16.0 Å². The van der Waals surface area contributed by atoms with Crippen LogP contribution < -0.4 is 19.6 Å². The fourth-order valence-electron chi connectivity index (χ4n) is 1.44. The van der Waals surface area contributed by atoms with Crippen LogP contribution in [0.4, 0.5) is 0 Å². The highest BCUT2D eigenvalue weighted by molar-refractivity contribution is 7.99. The summed E-state index contributed by atoms with van der Waals surface area (Å²) in [5, 5.41) is 6.04. The molecule has 7 nitrogen and oxygen atoms in total. The van der Waals surface area contributed by atoms with Crippen molar-refractivity contribution in [3.05, 3.63) is 29.8 Å². The van der Waals surface area contributed by atoms with Crippen LogP contribution in [-0.2, 0) is 9.13 Å². The van der Waals surface area contributed by atoms with E-state index in [4.69, 9.17) is 5.11 Å². The van der Waals surface area contributed by atoms with Gasteiger partial charge in [-0.15, -0.1) is 11.8 Å². The van der Waals surface area contributed by atoms with Crippen LogP contribution in [0.3, 0.4) is 0 Å². The predicted octanol–water partition coefficient (Wildman–Crippen LogP) is -1.40. The van der Waals surface area contributed by atoms with Gasteiger partial charge in [-0.25, -0.2) is 0 Å². The van der Waals surface area contributed by atoms with E-state index < -0.39 is 20.6 Å². The molecule has 0 spiro atoms. The molecule has 0 unspecified atom stereocenters. The van der Waals surface area contributed by atoms with Crippen molar-refractivity contribution >= 4 is 27.0 Å². The summed E-state index contributed by atoms with van der Waals surface area (Å²) in [6.07, 6.45) is 0. The van der Waals surface area contributed by atoms with E-state index in [0.29, 0.717) is 10.6 Å². The van der Waals surface area contributed by atoms with Gasteiger partial charge in [-0.3, -0.25) is 0 Å². The molecule has 10 heteroatoms. The largest absolute Gasteiger partial charge is 0.810 e. The number of benzene rings is 1. The van der Waals surface area contributed by atoms with Gasteiger partial charge in [0.25, 0.3) is 0 Å². The molecule has 108 valence electrons. The zero-order chi connectivity index (χ0) is 14.7. The summed E-state index contributed by atoms with van der Waals surface area (Å²) in [6, 6.07) is 4.98. The second-order valence-corrected chi connectivity index (χ2v) is 8.36. The Bertz CT molecular complexity index is 484. The van der Waals surface area contributed by atoms with Crippen LogP contribution in [0, 0.1) is 0 Å². The van der Waals surface area contributed by atoms with Crippen LogP contribution in [0.15, 0.2) is 29.2 Å². The van der Waals surface area contributed by atoms with E-state index in [2.05, 4.69) is 0 Å². The molecule has 0 amide bonds. The maximum absolute atomic E-state index is 10.9. The molecule has 0 aliphatic carbocycles. The molecule has 0 atom stereocenters. The topological polar surface area (TPSA) is 147 Å². The number of aliphatic hydroxyl groups excluding tert-OH is 1.